The molecule has 6 atom stereocenters. The van der Waals surface area contributed by atoms with E-state index in [9.17, 15) is 39.0 Å². The van der Waals surface area contributed by atoms with Gasteiger partial charge in [0, 0.05) is 19.6 Å². The van der Waals surface area contributed by atoms with Gasteiger partial charge in [0.1, 0.15) is 30.2 Å². The Morgan fingerprint density at radius 2 is 1.26 bits per heavy atom. The number of carbonyl (C=O) groups is 6. The maximum absolute atomic E-state index is 13.8. The number of nitrogens with zero attached hydrogens (tertiary/aromatic N) is 3. The summed E-state index contributed by atoms with van der Waals surface area (Å²) in [6.07, 6.45) is 2.60. The average Bonchev–Trinajstić information content (AvgIpc) is 3.58. The Balaban J connectivity index is 3.20. The molecule has 1 aliphatic rings. The molecule has 0 radical (unpaired) electrons. The minimum absolute atomic E-state index is 0.00691. The quantitative estimate of drug-likeness (QED) is 0.0238. The summed E-state index contributed by atoms with van der Waals surface area (Å²) in [5.74, 6) is -4.99. The predicted molar refractivity (Wildman–Crippen MR) is 197 cm³/mol. The number of aliphatic imine (C=N–C) groups is 2. The smallest absolute Gasteiger partial charge is 0.326 e. The van der Waals surface area contributed by atoms with Gasteiger partial charge in [-0.25, -0.2) is 4.79 Å². The van der Waals surface area contributed by atoms with Gasteiger partial charge >= 0.3 is 5.97 Å². The van der Waals surface area contributed by atoms with E-state index in [2.05, 4.69) is 31.3 Å². The van der Waals surface area contributed by atoms with Gasteiger partial charge in [-0.3, -0.25) is 34.0 Å². The van der Waals surface area contributed by atoms with Gasteiger partial charge in [-0.2, -0.15) is 0 Å². The minimum Gasteiger partial charge on any atom is -0.480 e. The molecule has 1 saturated heterocycles. The molecular weight excluding hydrogens is 694 g/mol. The fourth-order valence-corrected chi connectivity index (χ4v) is 5.69. The first-order chi connectivity index (χ1) is 25.0. The van der Waals surface area contributed by atoms with Crippen molar-refractivity contribution in [2.24, 2.45) is 50.3 Å². The van der Waals surface area contributed by atoms with Crippen molar-refractivity contribution in [2.45, 2.75) is 114 Å². The van der Waals surface area contributed by atoms with Gasteiger partial charge in [0.15, 0.2) is 11.9 Å². The number of aliphatic hydroxyl groups excluding tert-OH is 1. The van der Waals surface area contributed by atoms with Crippen LogP contribution >= 0.6 is 0 Å². The van der Waals surface area contributed by atoms with Gasteiger partial charge in [-0.15, -0.1) is 0 Å². The number of carboxylic acids is 1. The first kappa shape index (κ1) is 46.3. The largest absolute Gasteiger partial charge is 0.480 e. The van der Waals surface area contributed by atoms with Gasteiger partial charge in [0.25, 0.3) is 0 Å². The lowest BCUT2D eigenvalue weighted by atomic mass is 10.0. The number of nitrogens with one attached hydrogen (secondary N) is 4. The second-order valence-electron chi connectivity index (χ2n) is 13.4. The van der Waals surface area contributed by atoms with Crippen molar-refractivity contribution in [3.8, 4) is 0 Å². The molecule has 0 bridgehead atoms. The van der Waals surface area contributed by atoms with Crippen molar-refractivity contribution in [1.82, 2.24) is 26.2 Å². The van der Waals surface area contributed by atoms with Crippen LogP contribution in [0.15, 0.2) is 9.98 Å². The number of aliphatic hydroxyl groups is 1. The number of likely N-dealkylation sites (tertiary alicyclic amines) is 1. The third-order valence-corrected chi connectivity index (χ3v) is 8.42. The van der Waals surface area contributed by atoms with Gasteiger partial charge < -0.3 is 70.8 Å². The summed E-state index contributed by atoms with van der Waals surface area (Å²) in [5, 5.41) is 29.9. The Labute approximate surface area is 309 Å². The lowest BCUT2D eigenvalue weighted by molar-refractivity contribution is -0.143. The molecule has 21 nitrogen and oxygen atoms in total. The lowest BCUT2D eigenvalue weighted by Gasteiger charge is -2.30. The summed E-state index contributed by atoms with van der Waals surface area (Å²) in [7, 11) is 0. The van der Waals surface area contributed by atoms with Crippen LogP contribution in [0.1, 0.15) is 78.1 Å². The number of amides is 5. The molecule has 0 unspecified atom stereocenters. The number of hydrogen-bond acceptors (Lipinski definition) is 11. The maximum atomic E-state index is 13.8. The van der Waals surface area contributed by atoms with Crippen LogP contribution in [0.5, 0.6) is 0 Å². The Kier molecular flexibility index (Phi) is 21.4. The van der Waals surface area contributed by atoms with Crippen LogP contribution in [0.4, 0.5) is 0 Å². The normalized spacial score (nSPS) is 16.7. The van der Waals surface area contributed by atoms with Crippen LogP contribution in [-0.4, -0.2) is 132 Å². The third-order valence-electron chi connectivity index (χ3n) is 8.42. The van der Waals surface area contributed by atoms with Crippen LogP contribution in [0, 0.1) is 5.92 Å². The highest BCUT2D eigenvalue weighted by Crippen LogP contribution is 2.19. The highest BCUT2D eigenvalue weighted by atomic mass is 16.4. The van der Waals surface area contributed by atoms with Crippen LogP contribution in [0.2, 0.25) is 0 Å². The number of rotatable bonds is 25. The van der Waals surface area contributed by atoms with Gasteiger partial charge in [-0.1, -0.05) is 13.8 Å². The van der Waals surface area contributed by atoms with E-state index in [4.69, 9.17) is 34.4 Å². The molecular formula is C32H61N13O8. The number of aliphatic carboxylic acids is 1. The first-order valence-corrected chi connectivity index (χ1v) is 17.9. The second kappa shape index (κ2) is 24.5. The molecule has 0 aromatic heterocycles. The van der Waals surface area contributed by atoms with E-state index in [1.54, 1.807) is 0 Å². The number of nitrogens with two attached hydrogens (primary N) is 6. The maximum Gasteiger partial charge on any atom is 0.326 e. The number of guanidine groups is 2. The average molecular weight is 756 g/mol. The zero-order valence-electron chi connectivity index (χ0n) is 30.8. The zero-order chi connectivity index (χ0) is 40.1. The molecule has 0 aromatic carbocycles. The summed E-state index contributed by atoms with van der Waals surface area (Å²) in [5.41, 5.74) is 33.1. The Bertz CT molecular complexity index is 1270. The molecule has 0 saturated carbocycles. The van der Waals surface area contributed by atoms with E-state index < -0.39 is 78.4 Å². The Hall–Kier alpha value is -4.76. The highest BCUT2D eigenvalue weighted by molar-refractivity contribution is 5.96. The molecule has 5 amide bonds. The van der Waals surface area contributed by atoms with E-state index >= 15 is 0 Å². The Morgan fingerprint density at radius 1 is 0.755 bits per heavy atom. The topological polar surface area (TPSA) is 375 Å². The number of hydrogen-bond donors (Lipinski definition) is 12. The minimum atomic E-state index is -1.35. The molecule has 1 heterocycles. The molecule has 1 rings (SSSR count). The van der Waals surface area contributed by atoms with Crippen LogP contribution in [0.25, 0.3) is 0 Å². The van der Waals surface area contributed by atoms with Crippen LogP contribution in [0.3, 0.4) is 0 Å². The number of carboxylic acid groups (broad SMARTS) is 1. The Morgan fingerprint density at radius 3 is 1.77 bits per heavy atom. The SMILES string of the molecule is CC(C)C[C@H](N)C(=O)N[C@@H](CO)C(=O)N1CCC[C@H]1C(=O)N[C@@H](CCCN=C(N)N)C(=O)N[C@@H](CCCCN)C(=O)N[C@@H](CCCN=C(N)N)C(=O)O. The van der Waals surface area contributed by atoms with Gasteiger partial charge in [0.2, 0.25) is 29.5 Å². The summed E-state index contributed by atoms with van der Waals surface area (Å²) in [4.78, 5) is 87.8. The van der Waals surface area contributed by atoms with Crippen molar-refractivity contribution in [2.75, 3.05) is 32.8 Å². The van der Waals surface area contributed by atoms with E-state index in [1.165, 1.54) is 4.90 Å². The predicted octanol–water partition coefficient (Wildman–Crippen LogP) is -4.40. The van der Waals surface area contributed by atoms with E-state index in [0.717, 1.165) is 0 Å². The summed E-state index contributed by atoms with van der Waals surface area (Å²) >= 11 is 0. The fourth-order valence-electron chi connectivity index (χ4n) is 5.69. The second-order valence-corrected chi connectivity index (χ2v) is 13.4. The lowest BCUT2D eigenvalue weighted by Crippen LogP contribution is -2.59. The van der Waals surface area contributed by atoms with E-state index in [-0.39, 0.29) is 76.0 Å². The van der Waals surface area contributed by atoms with Gasteiger partial charge in [0.05, 0.1) is 12.6 Å². The first-order valence-electron chi connectivity index (χ1n) is 17.9. The van der Waals surface area contributed by atoms with Crippen molar-refractivity contribution < 1.29 is 39.0 Å². The molecule has 21 heteroatoms. The molecule has 0 aliphatic carbocycles. The summed E-state index contributed by atoms with van der Waals surface area (Å²) < 4.78 is 0. The summed E-state index contributed by atoms with van der Waals surface area (Å²) in [6, 6.07) is -7.00. The summed E-state index contributed by atoms with van der Waals surface area (Å²) in [6.45, 7) is 3.77. The van der Waals surface area contributed by atoms with Crippen LogP contribution < -0.4 is 55.7 Å². The molecule has 53 heavy (non-hydrogen) atoms. The molecule has 0 spiro atoms. The molecule has 18 N–H and O–H groups in total. The monoisotopic (exact) mass is 755 g/mol. The number of unbranched alkanes of at least 4 members (excludes halogenated alkanes) is 1. The van der Waals surface area contributed by atoms with Crippen molar-refractivity contribution in [3.05, 3.63) is 0 Å². The molecule has 1 aliphatic heterocycles. The van der Waals surface area contributed by atoms with Crippen LogP contribution in [-0.2, 0) is 28.8 Å². The molecule has 302 valence electrons. The fraction of sp³-hybridized carbons (Fsp3) is 0.750. The zero-order valence-corrected chi connectivity index (χ0v) is 30.8. The highest BCUT2D eigenvalue weighted by Gasteiger charge is 2.39. The van der Waals surface area contributed by atoms with Crippen molar-refractivity contribution >= 4 is 47.4 Å². The van der Waals surface area contributed by atoms with Gasteiger partial charge in [-0.05, 0) is 76.7 Å². The molecule has 0 aromatic rings. The van der Waals surface area contributed by atoms with Crippen molar-refractivity contribution in [1.29, 1.82) is 0 Å². The van der Waals surface area contributed by atoms with E-state index in [0.29, 0.717) is 32.2 Å². The van der Waals surface area contributed by atoms with Crippen molar-refractivity contribution in [3.63, 3.8) is 0 Å². The van der Waals surface area contributed by atoms with E-state index in [1.807, 2.05) is 13.8 Å². The standard InChI is InChI=1S/C32H61N13O8/c1-18(2)16-19(34)25(47)44-23(17-46)29(51)45-15-7-11-24(45)28(50)42-21(9-5-13-39-31(35)36)26(48)41-20(8-3-4-12-33)27(49)43-22(30(52)53)10-6-14-40-32(37)38/h18-24,46H,3-17,33-34H2,1-2H3,(H,41,48)(H,42,50)(H,43,49)(H,44,47)(H,52,53)(H4,35,36,39)(H4,37,38,40)/t19-,20-,21-,22-,23-,24-/m0/s1. The third kappa shape index (κ3) is 17.5. The number of carbonyl (C=O) groups excluding carboxylic acids is 5. The molecule has 1 fully saturated rings.